The van der Waals surface area contributed by atoms with Gasteiger partial charge in [0.1, 0.15) is 23.7 Å². The van der Waals surface area contributed by atoms with E-state index in [1.807, 2.05) is 12.1 Å². The molecule has 2 aromatic rings. The van der Waals surface area contributed by atoms with E-state index in [9.17, 15) is 14.7 Å². The van der Waals surface area contributed by atoms with E-state index in [0.29, 0.717) is 22.9 Å². The molecule has 0 aliphatic carbocycles. The zero-order valence-electron chi connectivity index (χ0n) is 16.0. The van der Waals surface area contributed by atoms with Crippen molar-refractivity contribution in [1.82, 2.24) is 5.43 Å². The fraction of sp³-hybridized carbons (Fsp3) is 0.190. The molecule has 1 amide bonds. The van der Waals surface area contributed by atoms with Gasteiger partial charge in [0.15, 0.2) is 0 Å². The van der Waals surface area contributed by atoms with Gasteiger partial charge in [-0.1, -0.05) is 23.7 Å². The summed E-state index contributed by atoms with van der Waals surface area (Å²) in [5.74, 6) is -0.871. The van der Waals surface area contributed by atoms with E-state index in [1.54, 1.807) is 43.3 Å². The van der Waals surface area contributed by atoms with E-state index in [-0.39, 0.29) is 17.9 Å². The van der Waals surface area contributed by atoms with Crippen molar-refractivity contribution in [2.45, 2.75) is 20.5 Å². The molecule has 8 heteroatoms. The number of benzene rings is 2. The summed E-state index contributed by atoms with van der Waals surface area (Å²) in [6.07, 6.45) is 1.04. The SMILES string of the molecule is CCOC(=O)C(/C=N/NC(=O)c1ccc(OCc2ccc(Cl)cc2)cc1)=C(\C)O. The number of carbonyl (C=O) groups excluding carboxylic acids is 2. The van der Waals surface area contributed by atoms with Crippen molar-refractivity contribution in [3.8, 4) is 5.75 Å². The number of hydrogen-bond donors (Lipinski definition) is 2. The number of nitrogens with one attached hydrogen (secondary N) is 1. The molecule has 7 nitrogen and oxygen atoms in total. The minimum Gasteiger partial charge on any atom is -0.512 e. The number of nitrogens with zero attached hydrogens (tertiary/aromatic N) is 1. The third-order valence-corrected chi connectivity index (χ3v) is 3.93. The van der Waals surface area contributed by atoms with Gasteiger partial charge in [0, 0.05) is 10.6 Å². The number of hydrogen-bond acceptors (Lipinski definition) is 6. The van der Waals surface area contributed by atoms with Gasteiger partial charge in [-0.25, -0.2) is 10.2 Å². The number of carbonyl (C=O) groups is 2. The first kappa shape index (κ1) is 22.0. The summed E-state index contributed by atoms with van der Waals surface area (Å²) < 4.78 is 10.5. The Morgan fingerprint density at radius 2 is 1.79 bits per heavy atom. The van der Waals surface area contributed by atoms with E-state index in [4.69, 9.17) is 21.1 Å². The van der Waals surface area contributed by atoms with Crippen molar-refractivity contribution in [2.24, 2.45) is 5.10 Å². The molecule has 0 aromatic heterocycles. The van der Waals surface area contributed by atoms with Gasteiger partial charge in [0.05, 0.1) is 12.8 Å². The van der Waals surface area contributed by atoms with Crippen LogP contribution in [0.25, 0.3) is 0 Å². The lowest BCUT2D eigenvalue weighted by atomic mass is 10.2. The minimum absolute atomic E-state index is 0.141. The van der Waals surface area contributed by atoms with Crippen molar-refractivity contribution < 1.29 is 24.2 Å². The number of hydrazone groups is 1. The Bertz CT molecular complexity index is 902. The number of amides is 1. The van der Waals surface area contributed by atoms with Crippen LogP contribution in [0.2, 0.25) is 5.02 Å². The average molecular weight is 417 g/mol. The monoisotopic (exact) mass is 416 g/mol. The molecule has 152 valence electrons. The smallest absolute Gasteiger partial charge is 0.343 e. The van der Waals surface area contributed by atoms with Crippen LogP contribution in [0.5, 0.6) is 5.75 Å². The van der Waals surface area contributed by atoms with Crippen LogP contribution < -0.4 is 10.2 Å². The maximum atomic E-state index is 12.1. The lowest BCUT2D eigenvalue weighted by Gasteiger charge is -2.07. The van der Waals surface area contributed by atoms with E-state index in [0.717, 1.165) is 11.8 Å². The van der Waals surface area contributed by atoms with Gasteiger partial charge in [-0.15, -0.1) is 0 Å². The molecule has 0 heterocycles. The Kier molecular flexibility index (Phi) is 8.24. The Labute approximate surface area is 173 Å². The Hall–Kier alpha value is -3.32. The molecule has 2 aromatic carbocycles. The molecule has 0 fully saturated rings. The second-order valence-electron chi connectivity index (χ2n) is 5.86. The first-order valence-corrected chi connectivity index (χ1v) is 9.16. The lowest BCUT2D eigenvalue weighted by Crippen LogP contribution is -2.19. The summed E-state index contributed by atoms with van der Waals surface area (Å²) in [7, 11) is 0. The highest BCUT2D eigenvalue weighted by Crippen LogP contribution is 2.16. The van der Waals surface area contributed by atoms with Crippen LogP contribution in [0.4, 0.5) is 0 Å². The van der Waals surface area contributed by atoms with E-state index >= 15 is 0 Å². The van der Waals surface area contributed by atoms with Gasteiger partial charge in [-0.05, 0) is 55.8 Å². The fourth-order valence-electron chi connectivity index (χ4n) is 2.17. The van der Waals surface area contributed by atoms with Crippen LogP contribution >= 0.6 is 11.6 Å². The highest BCUT2D eigenvalue weighted by molar-refractivity contribution is 6.30. The number of esters is 1. The number of aliphatic hydroxyl groups excluding tert-OH is 1. The van der Waals surface area contributed by atoms with Gasteiger partial charge in [0.25, 0.3) is 5.91 Å². The van der Waals surface area contributed by atoms with Gasteiger partial charge in [-0.3, -0.25) is 4.79 Å². The summed E-state index contributed by atoms with van der Waals surface area (Å²) in [6, 6.07) is 13.8. The summed E-state index contributed by atoms with van der Waals surface area (Å²) in [5, 5.41) is 13.9. The number of halogens is 1. The molecule has 0 saturated heterocycles. The molecule has 0 spiro atoms. The summed E-state index contributed by atoms with van der Waals surface area (Å²) in [6.45, 7) is 3.49. The first-order chi connectivity index (χ1) is 13.9. The fourth-order valence-corrected chi connectivity index (χ4v) is 2.30. The molecular weight excluding hydrogens is 396 g/mol. The molecule has 0 bridgehead atoms. The average Bonchev–Trinajstić information content (AvgIpc) is 2.71. The molecule has 0 unspecified atom stereocenters. The topological polar surface area (TPSA) is 97.2 Å². The first-order valence-electron chi connectivity index (χ1n) is 8.78. The highest BCUT2D eigenvalue weighted by atomic mass is 35.5. The number of aliphatic hydroxyl groups is 1. The normalized spacial score (nSPS) is 11.7. The van der Waals surface area contributed by atoms with Gasteiger partial charge < -0.3 is 14.6 Å². The third kappa shape index (κ3) is 6.97. The van der Waals surface area contributed by atoms with Crippen LogP contribution in [0, 0.1) is 0 Å². The van der Waals surface area contributed by atoms with E-state index in [1.165, 1.54) is 6.92 Å². The van der Waals surface area contributed by atoms with Crippen molar-refractivity contribution in [3.05, 3.63) is 76.0 Å². The molecule has 2 rings (SSSR count). The largest absolute Gasteiger partial charge is 0.512 e. The van der Waals surface area contributed by atoms with Gasteiger partial charge in [-0.2, -0.15) is 5.10 Å². The van der Waals surface area contributed by atoms with Crippen molar-refractivity contribution in [1.29, 1.82) is 0 Å². The van der Waals surface area contributed by atoms with E-state index in [2.05, 4.69) is 10.5 Å². The zero-order valence-corrected chi connectivity index (χ0v) is 16.8. The molecular formula is C21H21ClN2O5. The summed E-state index contributed by atoms with van der Waals surface area (Å²) in [4.78, 5) is 23.8. The predicted octanol–water partition coefficient (Wildman–Crippen LogP) is 4.03. The minimum atomic E-state index is -0.729. The van der Waals surface area contributed by atoms with Gasteiger partial charge >= 0.3 is 5.97 Å². The molecule has 0 aliphatic rings. The van der Waals surface area contributed by atoms with Crippen molar-refractivity contribution in [3.63, 3.8) is 0 Å². The van der Waals surface area contributed by atoms with E-state index < -0.39 is 11.9 Å². The van der Waals surface area contributed by atoms with Crippen LogP contribution in [0.3, 0.4) is 0 Å². The maximum absolute atomic E-state index is 12.1. The third-order valence-electron chi connectivity index (χ3n) is 3.68. The second-order valence-corrected chi connectivity index (χ2v) is 6.29. The molecule has 0 saturated carbocycles. The highest BCUT2D eigenvalue weighted by Gasteiger charge is 2.12. The second kappa shape index (κ2) is 10.9. The number of allylic oxidation sites excluding steroid dienone is 1. The Morgan fingerprint density at radius 3 is 2.38 bits per heavy atom. The molecule has 29 heavy (non-hydrogen) atoms. The maximum Gasteiger partial charge on any atom is 0.343 e. The summed E-state index contributed by atoms with van der Waals surface area (Å²) >= 11 is 5.85. The Balaban J connectivity index is 1.91. The molecule has 2 N–H and O–H groups in total. The number of rotatable bonds is 8. The quantitative estimate of drug-likeness (QED) is 0.222. The molecule has 0 aliphatic heterocycles. The molecule has 0 radical (unpaired) electrons. The number of ether oxygens (including phenoxy) is 2. The standard InChI is InChI=1S/C21H21ClN2O5/c1-3-28-21(27)19(14(2)25)12-23-24-20(26)16-6-10-18(11-7-16)29-13-15-4-8-17(22)9-5-15/h4-12,25H,3,13H2,1-2H3,(H,24,26)/b19-14+,23-12+. The van der Waals surface area contributed by atoms with Crippen LogP contribution in [-0.2, 0) is 16.1 Å². The van der Waals surface area contributed by atoms with Crippen LogP contribution in [0.15, 0.2) is 65.0 Å². The van der Waals surface area contributed by atoms with Crippen LogP contribution in [0.1, 0.15) is 29.8 Å². The lowest BCUT2D eigenvalue weighted by molar-refractivity contribution is -0.138. The van der Waals surface area contributed by atoms with Gasteiger partial charge in [0.2, 0.25) is 0 Å². The molecule has 0 atom stereocenters. The van der Waals surface area contributed by atoms with Crippen molar-refractivity contribution >= 4 is 29.7 Å². The predicted molar refractivity (Wildman–Crippen MR) is 110 cm³/mol. The zero-order chi connectivity index (χ0) is 21.2. The Morgan fingerprint density at radius 1 is 1.14 bits per heavy atom. The summed E-state index contributed by atoms with van der Waals surface area (Å²) in [5.41, 5.74) is 3.47. The van der Waals surface area contributed by atoms with Crippen molar-refractivity contribution in [2.75, 3.05) is 6.61 Å². The van der Waals surface area contributed by atoms with Crippen LogP contribution in [-0.4, -0.2) is 29.8 Å².